The third kappa shape index (κ3) is 3.59. The fourth-order valence-corrected chi connectivity index (χ4v) is 7.86. The molecule has 0 bridgehead atoms. The van der Waals surface area contributed by atoms with E-state index in [4.69, 9.17) is 9.05 Å². The van der Waals surface area contributed by atoms with Gasteiger partial charge in [0.05, 0.1) is 0 Å². The molecular weight excluding hydrogens is 419 g/mol. The number of carboxylic acids is 1. The lowest BCUT2D eigenvalue weighted by Crippen LogP contribution is -2.69. The van der Waals surface area contributed by atoms with Crippen LogP contribution in [0, 0.1) is 0 Å². The standard InChI is InChI=1S/C18H23N2O7PS/c1-18(2)17(28(25,26-3)27-4)20-14(22)12(15(20)29-18)19-13(21)11(16(23)24)10-8-6-5-7-9-10/h5-9,11-12,15,17H,1-4H3,(H,19,21)(H,23,24)/t11?,12?,15-,17?/m0/s1. The normalized spacial score (nSPS) is 26.4. The van der Waals surface area contributed by atoms with E-state index in [1.807, 2.05) is 13.8 Å². The van der Waals surface area contributed by atoms with Gasteiger partial charge in [-0.3, -0.25) is 18.9 Å². The summed E-state index contributed by atoms with van der Waals surface area (Å²) in [5.41, 5.74) is 0.321. The molecule has 4 atom stereocenters. The van der Waals surface area contributed by atoms with Crippen molar-refractivity contribution in [3.63, 3.8) is 0 Å². The smallest absolute Gasteiger partial charge is 0.353 e. The zero-order valence-corrected chi connectivity index (χ0v) is 18.1. The number of thioether (sulfide) groups is 1. The molecule has 2 aliphatic rings. The molecule has 3 rings (SSSR count). The van der Waals surface area contributed by atoms with Crippen LogP contribution < -0.4 is 5.32 Å². The molecule has 0 saturated carbocycles. The van der Waals surface area contributed by atoms with Gasteiger partial charge in [0.2, 0.25) is 11.8 Å². The number of aliphatic carboxylic acids is 1. The van der Waals surface area contributed by atoms with Gasteiger partial charge in [0.25, 0.3) is 0 Å². The molecule has 2 saturated heterocycles. The second kappa shape index (κ2) is 7.75. The third-order valence-electron chi connectivity index (χ3n) is 5.14. The predicted molar refractivity (Wildman–Crippen MR) is 106 cm³/mol. The van der Waals surface area contributed by atoms with Gasteiger partial charge in [0, 0.05) is 19.0 Å². The minimum atomic E-state index is -3.60. The molecule has 1 aromatic rings. The van der Waals surface area contributed by atoms with Crippen LogP contribution in [0.25, 0.3) is 0 Å². The predicted octanol–water partition coefficient (Wildman–Crippen LogP) is 1.85. The van der Waals surface area contributed by atoms with Crippen molar-refractivity contribution < 1.29 is 33.1 Å². The SMILES string of the molecule is COP(=O)(OC)C1N2C(=O)C(NC(=O)C(C(=O)O)c3ccccc3)[C@@H]2SC1(C)C. The third-order valence-corrected chi connectivity index (χ3v) is 9.40. The largest absolute Gasteiger partial charge is 0.480 e. The van der Waals surface area contributed by atoms with E-state index < -0.39 is 53.2 Å². The fourth-order valence-electron chi connectivity index (χ4n) is 3.81. The van der Waals surface area contributed by atoms with Crippen molar-refractivity contribution in [3.8, 4) is 0 Å². The summed E-state index contributed by atoms with van der Waals surface area (Å²) in [6, 6.07) is 7.18. The Balaban J connectivity index is 1.81. The van der Waals surface area contributed by atoms with Crippen LogP contribution in [-0.2, 0) is 28.0 Å². The second-order valence-corrected chi connectivity index (χ2v) is 11.4. The summed E-state index contributed by atoms with van der Waals surface area (Å²) in [4.78, 5) is 38.6. The highest BCUT2D eigenvalue weighted by Gasteiger charge is 2.67. The van der Waals surface area contributed by atoms with Crippen LogP contribution in [0.1, 0.15) is 25.3 Å². The molecule has 11 heteroatoms. The van der Waals surface area contributed by atoms with Crippen LogP contribution >= 0.6 is 19.4 Å². The molecule has 0 radical (unpaired) electrons. The molecule has 1 aromatic carbocycles. The Hall–Kier alpha value is -1.87. The van der Waals surface area contributed by atoms with Gasteiger partial charge in [0.15, 0.2) is 5.92 Å². The van der Waals surface area contributed by atoms with Crippen molar-refractivity contribution in [2.24, 2.45) is 0 Å². The van der Waals surface area contributed by atoms with E-state index in [1.165, 1.54) is 30.9 Å². The molecule has 158 valence electrons. The summed E-state index contributed by atoms with van der Waals surface area (Å²) in [5.74, 6) is -4.77. The number of nitrogens with zero attached hydrogens (tertiary/aromatic N) is 1. The highest BCUT2D eigenvalue weighted by atomic mass is 32.2. The average Bonchev–Trinajstić information content (AvgIpc) is 2.94. The van der Waals surface area contributed by atoms with Crippen LogP contribution in [0.5, 0.6) is 0 Å². The van der Waals surface area contributed by atoms with Gasteiger partial charge in [-0.25, -0.2) is 0 Å². The summed E-state index contributed by atoms with van der Waals surface area (Å²) in [5, 5.41) is 11.6. The lowest BCUT2D eigenvalue weighted by Gasteiger charge is -2.45. The summed E-state index contributed by atoms with van der Waals surface area (Å²) >= 11 is 1.36. The van der Waals surface area contributed by atoms with Crippen molar-refractivity contribution in [2.75, 3.05) is 14.2 Å². The van der Waals surface area contributed by atoms with E-state index in [0.29, 0.717) is 5.56 Å². The highest BCUT2D eigenvalue weighted by Crippen LogP contribution is 2.66. The van der Waals surface area contributed by atoms with Gasteiger partial charge in [-0.2, -0.15) is 0 Å². The topological polar surface area (TPSA) is 122 Å². The van der Waals surface area contributed by atoms with Crippen LogP contribution in [0.4, 0.5) is 0 Å². The molecule has 3 unspecified atom stereocenters. The van der Waals surface area contributed by atoms with Crippen LogP contribution in [0.15, 0.2) is 30.3 Å². The molecule has 0 aromatic heterocycles. The Bertz CT molecular complexity index is 870. The first kappa shape index (κ1) is 21.8. The number of carbonyl (C=O) groups is 3. The first-order valence-corrected chi connectivity index (χ1v) is 11.4. The van der Waals surface area contributed by atoms with Crippen molar-refractivity contribution >= 4 is 37.1 Å². The molecular formula is C18H23N2O7PS. The van der Waals surface area contributed by atoms with Crippen molar-refractivity contribution in [2.45, 2.75) is 41.7 Å². The minimum absolute atomic E-state index is 0.321. The summed E-state index contributed by atoms with van der Waals surface area (Å²) in [6.07, 6.45) is 0. The van der Waals surface area contributed by atoms with Crippen LogP contribution in [0.2, 0.25) is 0 Å². The fraction of sp³-hybridized carbons (Fsp3) is 0.500. The highest BCUT2D eigenvalue weighted by molar-refractivity contribution is 8.02. The Morgan fingerprint density at radius 2 is 1.83 bits per heavy atom. The van der Waals surface area contributed by atoms with E-state index in [1.54, 1.807) is 30.3 Å². The van der Waals surface area contributed by atoms with E-state index in [9.17, 15) is 24.1 Å². The number of fused-ring (bicyclic) bond motifs is 1. The minimum Gasteiger partial charge on any atom is -0.480 e. The van der Waals surface area contributed by atoms with E-state index in [2.05, 4.69) is 5.32 Å². The van der Waals surface area contributed by atoms with Crippen molar-refractivity contribution in [1.82, 2.24) is 10.2 Å². The zero-order valence-electron chi connectivity index (χ0n) is 16.4. The Kier molecular flexibility index (Phi) is 5.84. The Morgan fingerprint density at radius 3 is 2.34 bits per heavy atom. The van der Waals surface area contributed by atoms with Crippen LogP contribution in [-0.4, -0.2) is 64.0 Å². The number of hydrogen-bond acceptors (Lipinski definition) is 7. The number of benzene rings is 1. The van der Waals surface area contributed by atoms with E-state index in [0.717, 1.165) is 0 Å². The molecule has 9 nitrogen and oxygen atoms in total. The van der Waals surface area contributed by atoms with Crippen molar-refractivity contribution in [1.29, 1.82) is 0 Å². The Morgan fingerprint density at radius 1 is 1.24 bits per heavy atom. The number of carboxylic acid groups (broad SMARTS) is 1. The molecule has 2 amide bonds. The molecule has 2 fully saturated rings. The second-order valence-electron chi connectivity index (χ2n) is 7.30. The molecule has 0 spiro atoms. The maximum absolute atomic E-state index is 13.0. The number of carbonyl (C=O) groups excluding carboxylic acids is 2. The van der Waals surface area contributed by atoms with E-state index in [-0.39, 0.29) is 0 Å². The van der Waals surface area contributed by atoms with Crippen LogP contribution in [0.3, 0.4) is 0 Å². The summed E-state index contributed by atoms with van der Waals surface area (Å²) < 4.78 is 22.6. The maximum atomic E-state index is 13.0. The summed E-state index contributed by atoms with van der Waals surface area (Å²) in [7, 11) is -1.07. The molecule has 2 N–H and O–H groups in total. The number of rotatable bonds is 7. The number of nitrogens with one attached hydrogen (secondary N) is 1. The molecule has 2 aliphatic heterocycles. The Labute approximate surface area is 172 Å². The van der Waals surface area contributed by atoms with Gasteiger partial charge < -0.3 is 24.4 Å². The maximum Gasteiger partial charge on any atom is 0.353 e. The molecule has 2 heterocycles. The number of amides is 2. The van der Waals surface area contributed by atoms with Gasteiger partial charge in [-0.05, 0) is 19.4 Å². The average molecular weight is 442 g/mol. The first-order chi connectivity index (χ1) is 13.6. The van der Waals surface area contributed by atoms with Gasteiger partial charge >= 0.3 is 13.6 Å². The van der Waals surface area contributed by atoms with Gasteiger partial charge in [0.1, 0.15) is 17.2 Å². The monoisotopic (exact) mass is 442 g/mol. The van der Waals surface area contributed by atoms with E-state index >= 15 is 0 Å². The van der Waals surface area contributed by atoms with Crippen molar-refractivity contribution in [3.05, 3.63) is 35.9 Å². The lowest BCUT2D eigenvalue weighted by atomic mass is 9.97. The number of hydrogen-bond donors (Lipinski definition) is 2. The first-order valence-electron chi connectivity index (χ1n) is 8.86. The lowest BCUT2D eigenvalue weighted by molar-refractivity contribution is -0.152. The quantitative estimate of drug-likeness (QED) is 0.373. The van der Waals surface area contributed by atoms with Gasteiger partial charge in [-0.15, -0.1) is 11.8 Å². The molecule has 0 aliphatic carbocycles. The zero-order chi connectivity index (χ0) is 21.6. The van der Waals surface area contributed by atoms with Gasteiger partial charge in [-0.1, -0.05) is 30.3 Å². The summed E-state index contributed by atoms with van der Waals surface area (Å²) in [6.45, 7) is 3.64. The number of β-lactam (4-membered cyclic amide) rings is 1. The molecule has 29 heavy (non-hydrogen) atoms.